The molecular formula is C14H18O11. The number of aliphatic hydroxyl groups excluding tert-OH is 5. The van der Waals surface area contributed by atoms with Crippen molar-refractivity contribution >= 4 is 11.8 Å². The topological polar surface area (TPSA) is 205 Å². The average Bonchev–Trinajstić information content (AvgIpc) is 2.60. The van der Waals surface area contributed by atoms with Crippen LogP contribution in [-0.4, -0.2) is 90.2 Å². The van der Waals surface area contributed by atoms with E-state index in [2.05, 4.69) is 4.74 Å². The first-order valence-electron chi connectivity index (χ1n) is 6.88. The maximum absolute atomic E-state index is 11.7. The fourth-order valence-corrected chi connectivity index (χ4v) is 1.76. The summed E-state index contributed by atoms with van der Waals surface area (Å²) in [6.45, 7) is -1.97. The van der Waals surface area contributed by atoms with Gasteiger partial charge < -0.3 is 45.6 Å². The van der Waals surface area contributed by atoms with Crippen LogP contribution in [0.25, 0.3) is 0 Å². The summed E-state index contributed by atoms with van der Waals surface area (Å²) < 4.78 is 4.60. The number of esters is 1. The summed E-state index contributed by atoms with van der Waals surface area (Å²) in [7, 11) is 0. The van der Waals surface area contributed by atoms with Crippen molar-refractivity contribution < 1.29 is 55.2 Å². The summed E-state index contributed by atoms with van der Waals surface area (Å²) in [6, 6.07) is 1.55. The lowest BCUT2D eigenvalue weighted by molar-refractivity contribution is -0.149. The van der Waals surface area contributed by atoms with Gasteiger partial charge in [-0.3, -0.25) is 4.79 Å². The van der Waals surface area contributed by atoms with Crippen molar-refractivity contribution in [3.8, 4) is 17.2 Å². The summed E-state index contributed by atoms with van der Waals surface area (Å²) >= 11 is 0. The number of ether oxygens (including phenoxy) is 1. The highest BCUT2D eigenvalue weighted by atomic mass is 16.5. The van der Waals surface area contributed by atoms with E-state index in [1.807, 2.05) is 0 Å². The van der Waals surface area contributed by atoms with E-state index < -0.39 is 66.6 Å². The molecule has 4 atom stereocenters. The van der Waals surface area contributed by atoms with Crippen LogP contribution in [0.4, 0.5) is 0 Å². The van der Waals surface area contributed by atoms with E-state index in [4.69, 9.17) is 10.2 Å². The molecule has 0 aromatic heterocycles. The average molecular weight is 362 g/mol. The van der Waals surface area contributed by atoms with Crippen LogP contribution in [0, 0.1) is 0 Å². The Labute approximate surface area is 140 Å². The number of ketones is 1. The summed E-state index contributed by atoms with van der Waals surface area (Å²) in [5, 5.41) is 74.4. The van der Waals surface area contributed by atoms with Crippen molar-refractivity contribution in [1.29, 1.82) is 0 Å². The molecule has 8 N–H and O–H groups in total. The Morgan fingerprint density at radius 1 is 0.960 bits per heavy atom. The Bertz CT molecular complexity index is 606. The maximum Gasteiger partial charge on any atom is 0.338 e. The molecule has 0 saturated carbocycles. The molecular weight excluding hydrogens is 344 g/mol. The lowest BCUT2D eigenvalue weighted by atomic mass is 10.0. The molecule has 11 nitrogen and oxygen atoms in total. The number of Topliss-reactive ketones (excluding diaryl/α,β-unsaturated/α-hetero) is 1. The third-order valence-electron chi connectivity index (χ3n) is 3.24. The quantitative estimate of drug-likeness (QED) is 0.172. The second kappa shape index (κ2) is 8.60. The van der Waals surface area contributed by atoms with Crippen molar-refractivity contribution in [3.63, 3.8) is 0 Å². The lowest BCUT2D eigenvalue weighted by Crippen LogP contribution is -2.49. The maximum atomic E-state index is 11.7. The van der Waals surface area contributed by atoms with Crippen molar-refractivity contribution in [2.24, 2.45) is 0 Å². The number of carbonyl (C=O) groups is 2. The first-order valence-corrected chi connectivity index (χ1v) is 6.88. The van der Waals surface area contributed by atoms with Gasteiger partial charge in [0.1, 0.15) is 37.6 Å². The van der Waals surface area contributed by atoms with Gasteiger partial charge in [-0.15, -0.1) is 0 Å². The first kappa shape index (κ1) is 20.6. The van der Waals surface area contributed by atoms with E-state index in [0.29, 0.717) is 0 Å². The van der Waals surface area contributed by atoms with E-state index in [9.17, 15) is 40.2 Å². The summed E-state index contributed by atoms with van der Waals surface area (Å²) in [5.41, 5.74) is -0.384. The van der Waals surface area contributed by atoms with Gasteiger partial charge in [-0.25, -0.2) is 4.79 Å². The minimum absolute atomic E-state index is 0.384. The number of phenols is 3. The standard InChI is InChI=1S/C14H18O11/c15-3-8(18)11(21)13(23)12(22)9(19)4-25-14(24)5-1-6(16)10(20)7(17)2-5/h1-2,9,11-13,15-17,19-23H,3-4H2. The molecule has 0 aliphatic rings. The second-order valence-electron chi connectivity index (χ2n) is 5.08. The summed E-state index contributed by atoms with van der Waals surface area (Å²) in [6.07, 6.45) is -8.29. The largest absolute Gasteiger partial charge is 0.504 e. The molecule has 0 radical (unpaired) electrons. The molecule has 1 aromatic carbocycles. The Morgan fingerprint density at radius 3 is 1.96 bits per heavy atom. The highest BCUT2D eigenvalue weighted by Crippen LogP contribution is 2.35. The molecule has 0 heterocycles. The molecule has 4 unspecified atom stereocenters. The third kappa shape index (κ3) is 5.01. The van der Waals surface area contributed by atoms with Gasteiger partial charge in [0.25, 0.3) is 0 Å². The number of carbonyl (C=O) groups excluding carboxylic acids is 2. The lowest BCUT2D eigenvalue weighted by Gasteiger charge is -2.25. The molecule has 0 bridgehead atoms. The molecule has 1 aromatic rings. The molecule has 0 aliphatic carbocycles. The molecule has 11 heteroatoms. The van der Waals surface area contributed by atoms with Gasteiger partial charge in [-0.05, 0) is 12.1 Å². The Morgan fingerprint density at radius 2 is 1.48 bits per heavy atom. The predicted molar refractivity (Wildman–Crippen MR) is 77.8 cm³/mol. The van der Waals surface area contributed by atoms with E-state index in [0.717, 1.165) is 12.1 Å². The monoisotopic (exact) mass is 362 g/mol. The molecule has 0 saturated heterocycles. The number of phenolic OH excluding ortho intramolecular Hbond substituents is 3. The third-order valence-corrected chi connectivity index (χ3v) is 3.24. The molecule has 140 valence electrons. The smallest absolute Gasteiger partial charge is 0.338 e. The van der Waals surface area contributed by atoms with Crippen LogP contribution in [-0.2, 0) is 9.53 Å². The fraction of sp³-hybridized carbons (Fsp3) is 0.429. The van der Waals surface area contributed by atoms with Crippen LogP contribution in [0.1, 0.15) is 10.4 Å². The summed E-state index contributed by atoms with van der Waals surface area (Å²) in [4.78, 5) is 22.7. The van der Waals surface area contributed by atoms with Gasteiger partial charge in [0.15, 0.2) is 23.0 Å². The van der Waals surface area contributed by atoms with Crippen LogP contribution >= 0.6 is 0 Å². The van der Waals surface area contributed by atoms with Crippen molar-refractivity contribution in [3.05, 3.63) is 17.7 Å². The van der Waals surface area contributed by atoms with Crippen LogP contribution in [0.5, 0.6) is 17.2 Å². The van der Waals surface area contributed by atoms with Gasteiger partial charge >= 0.3 is 5.97 Å². The molecule has 1 rings (SSSR count). The molecule has 0 aliphatic heterocycles. The van der Waals surface area contributed by atoms with Gasteiger partial charge in [0.05, 0.1) is 5.56 Å². The SMILES string of the molecule is O=C(OCC(O)C(O)C(O)C(O)C(=O)CO)c1cc(O)c(O)c(O)c1. The van der Waals surface area contributed by atoms with E-state index in [1.165, 1.54) is 0 Å². The summed E-state index contributed by atoms with van der Waals surface area (Å²) in [5.74, 6) is -4.79. The predicted octanol–water partition coefficient (Wildman–Crippen LogP) is -3.03. The number of hydrogen-bond donors (Lipinski definition) is 8. The Kier molecular flexibility index (Phi) is 7.09. The number of hydrogen-bond acceptors (Lipinski definition) is 11. The fourth-order valence-electron chi connectivity index (χ4n) is 1.76. The van der Waals surface area contributed by atoms with E-state index in [-0.39, 0.29) is 5.56 Å². The number of benzene rings is 1. The first-order chi connectivity index (χ1) is 11.6. The van der Waals surface area contributed by atoms with Gasteiger partial charge in [-0.1, -0.05) is 0 Å². The number of rotatable bonds is 8. The molecule has 0 fully saturated rings. The minimum Gasteiger partial charge on any atom is -0.504 e. The van der Waals surface area contributed by atoms with Gasteiger partial charge in [0, 0.05) is 0 Å². The van der Waals surface area contributed by atoms with Crippen LogP contribution in [0.3, 0.4) is 0 Å². The zero-order chi connectivity index (χ0) is 19.3. The van der Waals surface area contributed by atoms with E-state index >= 15 is 0 Å². The van der Waals surface area contributed by atoms with Crippen LogP contribution in [0.2, 0.25) is 0 Å². The molecule has 0 spiro atoms. The zero-order valence-electron chi connectivity index (χ0n) is 12.7. The van der Waals surface area contributed by atoms with Gasteiger partial charge in [0.2, 0.25) is 0 Å². The Balaban J connectivity index is 2.67. The van der Waals surface area contributed by atoms with Crippen molar-refractivity contribution in [2.75, 3.05) is 13.2 Å². The minimum atomic E-state index is -2.16. The highest BCUT2D eigenvalue weighted by molar-refractivity contribution is 5.91. The number of aliphatic hydroxyl groups is 5. The Hall–Kier alpha value is -2.44. The number of aromatic hydroxyl groups is 3. The van der Waals surface area contributed by atoms with E-state index in [1.54, 1.807) is 0 Å². The second-order valence-corrected chi connectivity index (χ2v) is 5.08. The van der Waals surface area contributed by atoms with Crippen LogP contribution in [0.15, 0.2) is 12.1 Å². The van der Waals surface area contributed by atoms with Crippen molar-refractivity contribution in [1.82, 2.24) is 0 Å². The normalized spacial score (nSPS) is 15.9. The van der Waals surface area contributed by atoms with Gasteiger partial charge in [-0.2, -0.15) is 0 Å². The highest BCUT2D eigenvalue weighted by Gasteiger charge is 2.34. The molecule has 25 heavy (non-hydrogen) atoms. The van der Waals surface area contributed by atoms with Crippen LogP contribution < -0.4 is 0 Å². The zero-order valence-corrected chi connectivity index (χ0v) is 12.7. The molecule has 0 amide bonds. The van der Waals surface area contributed by atoms with Crippen molar-refractivity contribution in [2.45, 2.75) is 24.4 Å².